The van der Waals surface area contributed by atoms with Crippen LogP contribution in [0.5, 0.6) is 0 Å². The van der Waals surface area contributed by atoms with E-state index in [0.717, 1.165) is 12.8 Å². The van der Waals surface area contributed by atoms with Gasteiger partial charge in [-0.15, -0.1) is 0 Å². The molecule has 1 aliphatic heterocycles. The normalized spacial score (nSPS) is 31.0. The largest absolute Gasteiger partial charge is 0.320 e. The Labute approximate surface area is 123 Å². The molecule has 110 valence electrons. The summed E-state index contributed by atoms with van der Waals surface area (Å²) in [5.41, 5.74) is 9.78. The minimum atomic E-state index is -0.138. The Morgan fingerprint density at radius 3 is 2.70 bits per heavy atom. The quantitative estimate of drug-likeness (QED) is 0.913. The second kappa shape index (κ2) is 5.87. The minimum absolute atomic E-state index is 0.138. The average molecular weight is 272 g/mol. The van der Waals surface area contributed by atoms with Gasteiger partial charge in [-0.05, 0) is 56.3 Å². The summed E-state index contributed by atoms with van der Waals surface area (Å²) in [5, 5.41) is 0. The van der Waals surface area contributed by atoms with Crippen LogP contribution in [-0.2, 0) is 12.0 Å². The summed E-state index contributed by atoms with van der Waals surface area (Å²) in [6, 6.07) is 9.42. The summed E-state index contributed by atoms with van der Waals surface area (Å²) >= 11 is 0. The van der Waals surface area contributed by atoms with E-state index in [4.69, 9.17) is 5.73 Å². The summed E-state index contributed by atoms with van der Waals surface area (Å²) in [5.74, 6) is 0. The van der Waals surface area contributed by atoms with Crippen LogP contribution in [0.15, 0.2) is 24.3 Å². The summed E-state index contributed by atoms with van der Waals surface area (Å²) < 4.78 is 0. The van der Waals surface area contributed by atoms with Crippen LogP contribution in [0.1, 0.15) is 56.6 Å². The molecule has 2 atom stereocenters. The number of piperidine rings is 1. The Bertz CT molecular complexity index is 450. The lowest BCUT2D eigenvalue weighted by atomic mass is 9.70. The molecule has 0 bridgehead atoms. The summed E-state index contributed by atoms with van der Waals surface area (Å²) in [6.45, 7) is 4.75. The van der Waals surface area contributed by atoms with Gasteiger partial charge in [0.05, 0.1) is 5.54 Å². The van der Waals surface area contributed by atoms with Crippen LogP contribution in [0.3, 0.4) is 0 Å². The second-order valence-corrected chi connectivity index (χ2v) is 6.60. The molecule has 2 nitrogen and oxygen atoms in total. The first-order valence-electron chi connectivity index (χ1n) is 8.37. The van der Waals surface area contributed by atoms with Crippen LogP contribution in [-0.4, -0.2) is 24.0 Å². The molecule has 0 spiro atoms. The Morgan fingerprint density at radius 1 is 1.20 bits per heavy atom. The van der Waals surface area contributed by atoms with Crippen LogP contribution in [0, 0.1) is 0 Å². The molecule has 0 radical (unpaired) electrons. The van der Waals surface area contributed by atoms with Gasteiger partial charge in [0.15, 0.2) is 0 Å². The molecular formula is C18H28N2. The standard InChI is InChI=1S/C18H28N2/c1-2-12-18(19)16-9-5-4-8-15(16)10-11-17(18)20-13-6-3-7-14-20/h4-5,8-9,17H,2-3,6-7,10-14,19H2,1H3. The zero-order valence-corrected chi connectivity index (χ0v) is 12.8. The Kier molecular flexibility index (Phi) is 4.13. The Hall–Kier alpha value is -0.860. The van der Waals surface area contributed by atoms with E-state index in [1.165, 1.54) is 56.3 Å². The second-order valence-electron chi connectivity index (χ2n) is 6.60. The summed E-state index contributed by atoms with van der Waals surface area (Å²) in [6.07, 6.45) is 8.78. The number of nitrogens with zero attached hydrogens (tertiary/aromatic N) is 1. The van der Waals surface area contributed by atoms with Crippen molar-refractivity contribution >= 4 is 0 Å². The number of benzene rings is 1. The topological polar surface area (TPSA) is 29.3 Å². The van der Waals surface area contributed by atoms with Crippen molar-refractivity contribution in [1.82, 2.24) is 4.90 Å². The number of fused-ring (bicyclic) bond motifs is 1. The maximum atomic E-state index is 7.01. The summed E-state index contributed by atoms with van der Waals surface area (Å²) in [7, 11) is 0. The highest BCUT2D eigenvalue weighted by molar-refractivity contribution is 5.38. The van der Waals surface area contributed by atoms with Crippen molar-refractivity contribution < 1.29 is 0 Å². The third-order valence-corrected chi connectivity index (χ3v) is 5.30. The first kappa shape index (κ1) is 14.1. The van der Waals surface area contributed by atoms with Crippen molar-refractivity contribution in [2.45, 2.75) is 63.5 Å². The van der Waals surface area contributed by atoms with Gasteiger partial charge >= 0.3 is 0 Å². The van der Waals surface area contributed by atoms with E-state index in [9.17, 15) is 0 Å². The van der Waals surface area contributed by atoms with Gasteiger partial charge in [-0.1, -0.05) is 44.0 Å². The Balaban J connectivity index is 1.94. The van der Waals surface area contributed by atoms with Gasteiger partial charge in [-0.2, -0.15) is 0 Å². The van der Waals surface area contributed by atoms with Gasteiger partial charge in [0.1, 0.15) is 0 Å². The van der Waals surface area contributed by atoms with E-state index in [-0.39, 0.29) is 5.54 Å². The van der Waals surface area contributed by atoms with E-state index in [2.05, 4.69) is 36.1 Å². The number of aryl methyl sites for hydroxylation is 1. The highest BCUT2D eigenvalue weighted by Crippen LogP contribution is 2.40. The molecule has 1 fully saturated rings. The number of hydrogen-bond acceptors (Lipinski definition) is 2. The molecule has 1 aliphatic carbocycles. The van der Waals surface area contributed by atoms with Crippen molar-refractivity contribution in [3.63, 3.8) is 0 Å². The maximum absolute atomic E-state index is 7.01. The Morgan fingerprint density at radius 2 is 1.95 bits per heavy atom. The van der Waals surface area contributed by atoms with E-state index >= 15 is 0 Å². The zero-order chi connectivity index (χ0) is 14.0. The predicted molar refractivity (Wildman–Crippen MR) is 84.7 cm³/mol. The molecule has 2 heteroatoms. The number of likely N-dealkylation sites (tertiary alicyclic amines) is 1. The number of rotatable bonds is 3. The fraction of sp³-hybridized carbons (Fsp3) is 0.667. The van der Waals surface area contributed by atoms with Crippen LogP contribution < -0.4 is 5.73 Å². The smallest absolute Gasteiger partial charge is 0.0570 e. The molecule has 2 aliphatic rings. The van der Waals surface area contributed by atoms with Gasteiger partial charge in [0.25, 0.3) is 0 Å². The molecule has 3 rings (SSSR count). The SMILES string of the molecule is CCCC1(N)c2ccccc2CCC1N1CCCCC1. The molecule has 1 aromatic rings. The maximum Gasteiger partial charge on any atom is 0.0570 e. The molecule has 2 unspecified atom stereocenters. The summed E-state index contributed by atoms with van der Waals surface area (Å²) in [4.78, 5) is 2.69. The zero-order valence-electron chi connectivity index (χ0n) is 12.8. The van der Waals surface area contributed by atoms with Crippen LogP contribution >= 0.6 is 0 Å². The highest BCUT2D eigenvalue weighted by Gasteiger charge is 2.43. The molecular weight excluding hydrogens is 244 g/mol. The lowest BCUT2D eigenvalue weighted by molar-refractivity contribution is 0.0766. The van der Waals surface area contributed by atoms with Crippen molar-refractivity contribution in [1.29, 1.82) is 0 Å². The van der Waals surface area contributed by atoms with Crippen LogP contribution in [0.25, 0.3) is 0 Å². The first-order valence-corrected chi connectivity index (χ1v) is 8.37. The van der Waals surface area contributed by atoms with Crippen LogP contribution in [0.2, 0.25) is 0 Å². The molecule has 2 N–H and O–H groups in total. The van der Waals surface area contributed by atoms with E-state index < -0.39 is 0 Å². The van der Waals surface area contributed by atoms with E-state index in [1.54, 1.807) is 0 Å². The lowest BCUT2D eigenvalue weighted by Crippen LogP contribution is -2.59. The molecule has 20 heavy (non-hydrogen) atoms. The molecule has 0 amide bonds. The average Bonchev–Trinajstić information content (AvgIpc) is 2.49. The molecule has 1 heterocycles. The molecule has 0 saturated carbocycles. The number of hydrogen-bond donors (Lipinski definition) is 1. The fourth-order valence-corrected chi connectivity index (χ4v) is 4.38. The van der Waals surface area contributed by atoms with Gasteiger partial charge in [-0.3, -0.25) is 4.90 Å². The lowest BCUT2D eigenvalue weighted by Gasteiger charge is -2.49. The van der Waals surface area contributed by atoms with Gasteiger partial charge in [-0.25, -0.2) is 0 Å². The van der Waals surface area contributed by atoms with Crippen LogP contribution in [0.4, 0.5) is 0 Å². The molecule has 0 aromatic heterocycles. The molecule has 1 aromatic carbocycles. The number of nitrogens with two attached hydrogens (primary N) is 1. The van der Waals surface area contributed by atoms with Crippen molar-refractivity contribution in [2.24, 2.45) is 5.73 Å². The molecule has 1 saturated heterocycles. The first-order chi connectivity index (χ1) is 9.75. The minimum Gasteiger partial charge on any atom is -0.320 e. The van der Waals surface area contributed by atoms with Crippen molar-refractivity contribution in [2.75, 3.05) is 13.1 Å². The third kappa shape index (κ3) is 2.40. The van der Waals surface area contributed by atoms with Gasteiger partial charge in [0, 0.05) is 6.04 Å². The van der Waals surface area contributed by atoms with Crippen molar-refractivity contribution in [3.8, 4) is 0 Å². The highest BCUT2D eigenvalue weighted by atomic mass is 15.2. The fourth-order valence-electron chi connectivity index (χ4n) is 4.38. The predicted octanol–water partition coefficient (Wildman–Crippen LogP) is 3.44. The van der Waals surface area contributed by atoms with E-state index in [0.29, 0.717) is 6.04 Å². The van der Waals surface area contributed by atoms with Gasteiger partial charge < -0.3 is 5.73 Å². The van der Waals surface area contributed by atoms with Gasteiger partial charge in [0.2, 0.25) is 0 Å². The van der Waals surface area contributed by atoms with E-state index in [1.807, 2.05) is 0 Å². The van der Waals surface area contributed by atoms with Crippen molar-refractivity contribution in [3.05, 3.63) is 35.4 Å². The third-order valence-electron chi connectivity index (χ3n) is 5.30. The monoisotopic (exact) mass is 272 g/mol.